The summed E-state index contributed by atoms with van der Waals surface area (Å²) in [5, 5.41) is 9.79. The standard InChI is InChI=1S/C14H18ClFO/c15-12-8-11(4-5-13(12)16)9-14(10-17)6-2-1-3-7-14/h4-5,8,17H,1-3,6-7,9-10H2. The van der Waals surface area contributed by atoms with Crippen molar-refractivity contribution in [1.29, 1.82) is 0 Å². The minimum atomic E-state index is -0.378. The van der Waals surface area contributed by atoms with Gasteiger partial charge in [-0.25, -0.2) is 4.39 Å². The predicted octanol–water partition coefficient (Wildman–Crippen LogP) is 3.96. The Morgan fingerprint density at radius 2 is 1.94 bits per heavy atom. The molecule has 1 aromatic rings. The molecule has 1 aliphatic carbocycles. The maximum atomic E-state index is 13.1. The number of hydrogen-bond donors (Lipinski definition) is 1. The summed E-state index contributed by atoms with van der Waals surface area (Å²) in [5.74, 6) is -0.378. The van der Waals surface area contributed by atoms with Gasteiger partial charge in [0.25, 0.3) is 0 Å². The van der Waals surface area contributed by atoms with Crippen molar-refractivity contribution >= 4 is 11.6 Å². The van der Waals surface area contributed by atoms with Crippen molar-refractivity contribution in [2.24, 2.45) is 5.41 Å². The number of hydrogen-bond acceptors (Lipinski definition) is 1. The van der Waals surface area contributed by atoms with Crippen LogP contribution in [0.4, 0.5) is 4.39 Å². The molecule has 1 aromatic carbocycles. The van der Waals surface area contributed by atoms with Crippen LogP contribution in [0.15, 0.2) is 18.2 Å². The lowest BCUT2D eigenvalue weighted by Crippen LogP contribution is -2.30. The van der Waals surface area contributed by atoms with Crippen molar-refractivity contribution in [3.05, 3.63) is 34.6 Å². The number of aliphatic hydroxyl groups excluding tert-OH is 1. The van der Waals surface area contributed by atoms with Crippen molar-refractivity contribution in [1.82, 2.24) is 0 Å². The minimum Gasteiger partial charge on any atom is -0.396 e. The van der Waals surface area contributed by atoms with Gasteiger partial charge in [0.2, 0.25) is 0 Å². The average molecular weight is 257 g/mol. The van der Waals surface area contributed by atoms with Crippen LogP contribution in [-0.4, -0.2) is 11.7 Å². The van der Waals surface area contributed by atoms with Crippen LogP contribution < -0.4 is 0 Å². The van der Waals surface area contributed by atoms with E-state index in [0.29, 0.717) is 0 Å². The summed E-state index contributed by atoms with van der Waals surface area (Å²) in [4.78, 5) is 0. The molecule has 1 aliphatic rings. The zero-order valence-corrected chi connectivity index (χ0v) is 10.6. The van der Waals surface area contributed by atoms with Gasteiger partial charge in [0.05, 0.1) is 5.02 Å². The Bertz CT molecular complexity index is 386. The first-order chi connectivity index (χ1) is 8.15. The first-order valence-electron chi connectivity index (χ1n) is 6.20. The third-order valence-electron chi connectivity index (χ3n) is 3.81. The van der Waals surface area contributed by atoms with Gasteiger partial charge in [0, 0.05) is 6.61 Å². The molecule has 1 nitrogen and oxygen atoms in total. The van der Waals surface area contributed by atoms with E-state index in [1.165, 1.54) is 25.3 Å². The van der Waals surface area contributed by atoms with Crippen LogP contribution in [0, 0.1) is 11.2 Å². The van der Waals surface area contributed by atoms with E-state index in [-0.39, 0.29) is 22.9 Å². The van der Waals surface area contributed by atoms with Crippen LogP contribution >= 0.6 is 11.6 Å². The normalized spacial score (nSPS) is 19.2. The molecule has 0 aliphatic heterocycles. The second-order valence-electron chi connectivity index (χ2n) is 5.14. The number of rotatable bonds is 3. The fourth-order valence-electron chi connectivity index (χ4n) is 2.78. The van der Waals surface area contributed by atoms with Crippen LogP contribution in [0.1, 0.15) is 37.7 Å². The molecule has 0 unspecified atom stereocenters. The molecule has 0 amide bonds. The number of benzene rings is 1. The maximum Gasteiger partial charge on any atom is 0.141 e. The summed E-state index contributed by atoms with van der Waals surface area (Å²) >= 11 is 5.78. The lowest BCUT2D eigenvalue weighted by atomic mass is 9.71. The van der Waals surface area contributed by atoms with Crippen LogP contribution in [0.3, 0.4) is 0 Å². The Labute approximate surface area is 107 Å². The summed E-state index contributed by atoms with van der Waals surface area (Å²) < 4.78 is 13.1. The topological polar surface area (TPSA) is 20.2 Å². The molecule has 2 rings (SSSR count). The molecule has 1 fully saturated rings. The van der Waals surface area contributed by atoms with E-state index in [4.69, 9.17) is 11.6 Å². The van der Waals surface area contributed by atoms with Crippen molar-refractivity contribution in [2.75, 3.05) is 6.61 Å². The monoisotopic (exact) mass is 256 g/mol. The molecule has 0 spiro atoms. The van der Waals surface area contributed by atoms with Gasteiger partial charge in [-0.2, -0.15) is 0 Å². The van der Waals surface area contributed by atoms with Crippen molar-refractivity contribution in [2.45, 2.75) is 38.5 Å². The Morgan fingerprint density at radius 3 is 2.53 bits per heavy atom. The molecule has 1 saturated carbocycles. The third kappa shape index (κ3) is 2.99. The van der Waals surface area contributed by atoms with Crippen LogP contribution in [0.5, 0.6) is 0 Å². The molecule has 17 heavy (non-hydrogen) atoms. The lowest BCUT2D eigenvalue weighted by molar-refractivity contribution is 0.0823. The highest BCUT2D eigenvalue weighted by Crippen LogP contribution is 2.39. The van der Waals surface area contributed by atoms with Gasteiger partial charge in [-0.15, -0.1) is 0 Å². The van der Waals surface area contributed by atoms with E-state index in [9.17, 15) is 9.50 Å². The van der Waals surface area contributed by atoms with E-state index < -0.39 is 0 Å². The largest absolute Gasteiger partial charge is 0.396 e. The highest BCUT2D eigenvalue weighted by Gasteiger charge is 2.31. The first-order valence-corrected chi connectivity index (χ1v) is 6.58. The van der Waals surface area contributed by atoms with E-state index in [2.05, 4.69) is 0 Å². The summed E-state index contributed by atoms with van der Waals surface area (Å²) in [7, 11) is 0. The molecule has 0 radical (unpaired) electrons. The Kier molecular flexibility index (Phi) is 4.05. The maximum absolute atomic E-state index is 13.1. The van der Waals surface area contributed by atoms with E-state index in [1.54, 1.807) is 12.1 Å². The van der Waals surface area contributed by atoms with E-state index >= 15 is 0 Å². The smallest absolute Gasteiger partial charge is 0.141 e. The fraction of sp³-hybridized carbons (Fsp3) is 0.571. The SMILES string of the molecule is OCC1(Cc2ccc(F)c(Cl)c2)CCCCC1. The molecule has 3 heteroatoms. The second kappa shape index (κ2) is 5.36. The van der Waals surface area contributed by atoms with Gasteiger partial charge in [0.1, 0.15) is 5.82 Å². The second-order valence-corrected chi connectivity index (χ2v) is 5.55. The fourth-order valence-corrected chi connectivity index (χ4v) is 2.98. The van der Waals surface area contributed by atoms with Crippen molar-refractivity contribution < 1.29 is 9.50 Å². The molecule has 0 aromatic heterocycles. The number of aliphatic hydroxyl groups is 1. The third-order valence-corrected chi connectivity index (χ3v) is 4.10. The summed E-state index contributed by atoms with van der Waals surface area (Å²) in [6.07, 6.45) is 6.51. The van der Waals surface area contributed by atoms with Gasteiger partial charge < -0.3 is 5.11 Å². The van der Waals surface area contributed by atoms with Crippen LogP contribution in [-0.2, 0) is 6.42 Å². The van der Waals surface area contributed by atoms with Gasteiger partial charge in [-0.05, 0) is 42.4 Å². The van der Waals surface area contributed by atoms with Gasteiger partial charge in [-0.1, -0.05) is 36.9 Å². The Hall–Kier alpha value is -0.600. The molecule has 0 heterocycles. The molecular weight excluding hydrogens is 239 g/mol. The molecule has 0 bridgehead atoms. The number of halogens is 2. The van der Waals surface area contributed by atoms with Gasteiger partial charge in [-0.3, -0.25) is 0 Å². The molecule has 94 valence electrons. The van der Waals surface area contributed by atoms with E-state index in [0.717, 1.165) is 24.8 Å². The average Bonchev–Trinajstić information content (AvgIpc) is 2.35. The predicted molar refractivity (Wildman–Crippen MR) is 67.7 cm³/mol. The molecule has 0 saturated heterocycles. The lowest BCUT2D eigenvalue weighted by Gasteiger charge is -2.35. The summed E-state index contributed by atoms with van der Waals surface area (Å²) in [5.41, 5.74) is 1.01. The zero-order chi connectivity index (χ0) is 12.3. The quantitative estimate of drug-likeness (QED) is 0.868. The van der Waals surface area contributed by atoms with Crippen molar-refractivity contribution in [3.8, 4) is 0 Å². The van der Waals surface area contributed by atoms with Crippen LogP contribution in [0.2, 0.25) is 5.02 Å². The van der Waals surface area contributed by atoms with Gasteiger partial charge in [0.15, 0.2) is 0 Å². The van der Waals surface area contributed by atoms with E-state index in [1.807, 2.05) is 0 Å². The highest BCUT2D eigenvalue weighted by atomic mass is 35.5. The Balaban J connectivity index is 2.14. The minimum absolute atomic E-state index is 0.0145. The molecule has 0 atom stereocenters. The molecule has 1 N–H and O–H groups in total. The van der Waals surface area contributed by atoms with Gasteiger partial charge >= 0.3 is 0 Å². The summed E-state index contributed by atoms with van der Waals surface area (Å²) in [6, 6.07) is 4.86. The Morgan fingerprint density at radius 1 is 1.24 bits per heavy atom. The highest BCUT2D eigenvalue weighted by molar-refractivity contribution is 6.30. The molecular formula is C14H18ClFO. The first kappa shape index (κ1) is 12.8. The summed E-state index contributed by atoms with van der Waals surface area (Å²) in [6.45, 7) is 0.210. The van der Waals surface area contributed by atoms with Crippen LogP contribution in [0.25, 0.3) is 0 Å². The zero-order valence-electron chi connectivity index (χ0n) is 9.88. The van der Waals surface area contributed by atoms with Crippen molar-refractivity contribution in [3.63, 3.8) is 0 Å².